The maximum absolute atomic E-state index is 9.23. The van der Waals surface area contributed by atoms with Crippen LogP contribution in [0.15, 0.2) is 11.4 Å². The van der Waals surface area contributed by atoms with Gasteiger partial charge in [-0.05, 0) is 43.3 Å². The number of nitrogens with one attached hydrogen (secondary N) is 1. The number of thiophene rings is 1. The van der Waals surface area contributed by atoms with Gasteiger partial charge in [0.15, 0.2) is 0 Å². The third kappa shape index (κ3) is 3.68. The summed E-state index contributed by atoms with van der Waals surface area (Å²) in [7, 11) is 0. The summed E-state index contributed by atoms with van der Waals surface area (Å²) in [6.07, 6.45) is 2.50. The van der Waals surface area contributed by atoms with E-state index in [0.29, 0.717) is 18.6 Å². The summed E-state index contributed by atoms with van der Waals surface area (Å²) in [5.41, 5.74) is 1.25. The standard InChI is InChI=1S/C13H21ClN2OS/c1-10(11-7-13(14)18-9-11)16(5-6-17)8-12-3-2-4-15-12/h7,9-10,12,15,17H,2-6,8H2,1H3. The van der Waals surface area contributed by atoms with Crippen molar-refractivity contribution in [2.75, 3.05) is 26.2 Å². The summed E-state index contributed by atoms with van der Waals surface area (Å²) in [6.45, 7) is 5.22. The van der Waals surface area contributed by atoms with Crippen molar-refractivity contribution in [1.29, 1.82) is 0 Å². The van der Waals surface area contributed by atoms with E-state index >= 15 is 0 Å². The highest BCUT2D eigenvalue weighted by Gasteiger charge is 2.22. The summed E-state index contributed by atoms with van der Waals surface area (Å²) in [5.74, 6) is 0. The van der Waals surface area contributed by atoms with Crippen LogP contribution in [0.3, 0.4) is 0 Å². The maximum atomic E-state index is 9.23. The van der Waals surface area contributed by atoms with Gasteiger partial charge >= 0.3 is 0 Å². The minimum absolute atomic E-state index is 0.203. The molecule has 0 amide bonds. The lowest BCUT2D eigenvalue weighted by molar-refractivity contribution is 0.148. The highest BCUT2D eigenvalue weighted by molar-refractivity contribution is 7.14. The molecule has 1 aromatic rings. The second kappa shape index (κ2) is 6.87. The normalized spacial score (nSPS) is 21.7. The molecule has 3 nitrogen and oxygen atoms in total. The van der Waals surface area contributed by atoms with E-state index in [0.717, 1.165) is 17.4 Å². The fraction of sp³-hybridized carbons (Fsp3) is 0.692. The highest BCUT2D eigenvalue weighted by Crippen LogP contribution is 2.28. The molecule has 0 saturated carbocycles. The van der Waals surface area contributed by atoms with Gasteiger partial charge in [0.2, 0.25) is 0 Å². The van der Waals surface area contributed by atoms with Crippen LogP contribution < -0.4 is 5.32 Å². The van der Waals surface area contributed by atoms with Gasteiger partial charge in [-0.2, -0.15) is 0 Å². The lowest BCUT2D eigenvalue weighted by Gasteiger charge is -2.30. The first-order chi connectivity index (χ1) is 8.70. The highest BCUT2D eigenvalue weighted by atomic mass is 35.5. The molecule has 1 fully saturated rings. The summed E-state index contributed by atoms with van der Waals surface area (Å²) < 4.78 is 0.833. The van der Waals surface area contributed by atoms with Gasteiger partial charge < -0.3 is 10.4 Å². The van der Waals surface area contributed by atoms with Crippen molar-refractivity contribution in [3.8, 4) is 0 Å². The number of aliphatic hydroxyl groups excluding tert-OH is 1. The molecule has 18 heavy (non-hydrogen) atoms. The van der Waals surface area contributed by atoms with E-state index < -0.39 is 0 Å². The van der Waals surface area contributed by atoms with Crippen LogP contribution in [0, 0.1) is 0 Å². The number of aliphatic hydroxyl groups is 1. The third-order valence-electron chi connectivity index (χ3n) is 3.62. The van der Waals surface area contributed by atoms with Gasteiger partial charge in [-0.1, -0.05) is 11.6 Å². The van der Waals surface area contributed by atoms with E-state index in [4.69, 9.17) is 11.6 Å². The molecule has 2 N–H and O–H groups in total. The number of hydrogen-bond donors (Lipinski definition) is 2. The number of nitrogens with zero attached hydrogens (tertiary/aromatic N) is 1. The van der Waals surface area contributed by atoms with Crippen molar-refractivity contribution in [2.45, 2.75) is 31.8 Å². The van der Waals surface area contributed by atoms with Gasteiger partial charge in [0.1, 0.15) is 0 Å². The third-order valence-corrected chi connectivity index (χ3v) is 4.73. The molecule has 1 aliphatic rings. The molecule has 0 aromatic carbocycles. The van der Waals surface area contributed by atoms with Gasteiger partial charge in [-0.25, -0.2) is 0 Å². The van der Waals surface area contributed by atoms with Gasteiger partial charge in [0.05, 0.1) is 10.9 Å². The lowest BCUT2D eigenvalue weighted by atomic mass is 10.1. The monoisotopic (exact) mass is 288 g/mol. The Hall–Kier alpha value is -0.130. The quantitative estimate of drug-likeness (QED) is 0.844. The molecule has 2 rings (SSSR count). The van der Waals surface area contributed by atoms with Gasteiger partial charge in [-0.15, -0.1) is 11.3 Å². The Bertz CT molecular complexity index is 366. The Kier molecular flexibility index (Phi) is 5.45. The molecule has 1 aromatic heterocycles. The Labute approximate surface area is 118 Å². The van der Waals surface area contributed by atoms with Crippen LogP contribution in [0.5, 0.6) is 0 Å². The fourth-order valence-corrected chi connectivity index (χ4v) is 3.50. The zero-order valence-corrected chi connectivity index (χ0v) is 12.3. The predicted octanol–water partition coefficient (Wildman–Crippen LogP) is 2.51. The number of rotatable bonds is 6. The molecule has 0 radical (unpaired) electrons. The van der Waals surface area contributed by atoms with Gasteiger partial charge in [-0.3, -0.25) is 4.90 Å². The molecule has 5 heteroatoms. The number of halogens is 1. The molecule has 2 unspecified atom stereocenters. The number of hydrogen-bond acceptors (Lipinski definition) is 4. The largest absolute Gasteiger partial charge is 0.395 e. The Balaban J connectivity index is 1.98. The van der Waals surface area contributed by atoms with E-state index in [1.807, 2.05) is 6.07 Å². The summed E-state index contributed by atoms with van der Waals surface area (Å²) in [4.78, 5) is 2.33. The molecule has 0 spiro atoms. The summed E-state index contributed by atoms with van der Waals surface area (Å²) >= 11 is 7.57. The molecular weight excluding hydrogens is 268 g/mol. The maximum Gasteiger partial charge on any atom is 0.0931 e. The second-order valence-corrected chi connectivity index (χ2v) is 6.41. The Morgan fingerprint density at radius 1 is 1.67 bits per heavy atom. The first-order valence-electron chi connectivity index (χ1n) is 6.53. The van der Waals surface area contributed by atoms with Gasteiger partial charge in [0.25, 0.3) is 0 Å². The van der Waals surface area contributed by atoms with Crippen LogP contribution >= 0.6 is 22.9 Å². The SMILES string of the molecule is CC(c1csc(Cl)c1)N(CCO)CC1CCCN1. The predicted molar refractivity (Wildman–Crippen MR) is 77.4 cm³/mol. The van der Waals surface area contributed by atoms with E-state index in [2.05, 4.69) is 22.5 Å². The van der Waals surface area contributed by atoms with Crippen LogP contribution in [-0.2, 0) is 0 Å². The fourth-order valence-electron chi connectivity index (χ4n) is 2.52. The topological polar surface area (TPSA) is 35.5 Å². The van der Waals surface area contributed by atoms with Gasteiger partial charge in [0, 0.05) is 25.2 Å². The molecule has 2 heterocycles. The second-order valence-electron chi connectivity index (χ2n) is 4.87. The van der Waals surface area contributed by atoms with Crippen LogP contribution in [0.25, 0.3) is 0 Å². The van der Waals surface area contributed by atoms with E-state index in [-0.39, 0.29) is 6.61 Å². The van der Waals surface area contributed by atoms with Crippen molar-refractivity contribution in [1.82, 2.24) is 10.2 Å². The van der Waals surface area contributed by atoms with E-state index in [1.165, 1.54) is 18.4 Å². The Morgan fingerprint density at radius 3 is 3.06 bits per heavy atom. The van der Waals surface area contributed by atoms with Crippen molar-refractivity contribution in [2.24, 2.45) is 0 Å². The molecule has 1 saturated heterocycles. The summed E-state index contributed by atoms with van der Waals surface area (Å²) in [6, 6.07) is 2.90. The van der Waals surface area contributed by atoms with Crippen molar-refractivity contribution in [3.63, 3.8) is 0 Å². The molecule has 1 aliphatic heterocycles. The van der Waals surface area contributed by atoms with Crippen molar-refractivity contribution < 1.29 is 5.11 Å². The van der Waals surface area contributed by atoms with Crippen molar-refractivity contribution in [3.05, 3.63) is 21.3 Å². The van der Waals surface area contributed by atoms with E-state index in [9.17, 15) is 5.11 Å². The van der Waals surface area contributed by atoms with Crippen molar-refractivity contribution >= 4 is 22.9 Å². The molecule has 102 valence electrons. The first kappa shape index (κ1) is 14.3. The summed E-state index contributed by atoms with van der Waals surface area (Å²) in [5, 5.41) is 14.8. The van der Waals surface area contributed by atoms with Crippen LogP contribution in [-0.4, -0.2) is 42.3 Å². The molecule has 2 atom stereocenters. The molecular formula is C13H21ClN2OS. The minimum Gasteiger partial charge on any atom is -0.395 e. The van der Waals surface area contributed by atoms with Crippen LogP contribution in [0.2, 0.25) is 4.34 Å². The average molecular weight is 289 g/mol. The van der Waals surface area contributed by atoms with E-state index in [1.54, 1.807) is 11.3 Å². The average Bonchev–Trinajstić information content (AvgIpc) is 2.99. The zero-order chi connectivity index (χ0) is 13.0. The lowest BCUT2D eigenvalue weighted by Crippen LogP contribution is -2.40. The smallest absolute Gasteiger partial charge is 0.0931 e. The molecule has 0 aliphatic carbocycles. The Morgan fingerprint density at radius 2 is 2.50 bits per heavy atom. The molecule has 0 bridgehead atoms. The van der Waals surface area contributed by atoms with Crippen LogP contribution in [0.4, 0.5) is 0 Å². The zero-order valence-electron chi connectivity index (χ0n) is 10.7. The van der Waals surface area contributed by atoms with Crippen LogP contribution in [0.1, 0.15) is 31.4 Å². The minimum atomic E-state index is 0.203. The first-order valence-corrected chi connectivity index (χ1v) is 7.78.